The molecule has 4 heteroatoms. The third-order valence-electron chi connectivity index (χ3n) is 3.07. The largest absolute Gasteiger partial charge is 0.434 e. The lowest BCUT2D eigenvalue weighted by molar-refractivity contribution is 0.389. The Morgan fingerprint density at radius 3 is 1.48 bits per heavy atom. The minimum atomic E-state index is -3.38. The molecule has 0 aromatic heterocycles. The van der Waals surface area contributed by atoms with Crippen LogP contribution in [0.3, 0.4) is 0 Å². The van der Waals surface area contributed by atoms with Crippen molar-refractivity contribution >= 4 is 19.7 Å². The van der Waals surface area contributed by atoms with Crippen LogP contribution < -0.4 is 9.05 Å². The predicted molar refractivity (Wildman–Crippen MR) is 97.0 cm³/mol. The van der Waals surface area contributed by atoms with Gasteiger partial charge in [-0.2, -0.15) is 0 Å². The van der Waals surface area contributed by atoms with Gasteiger partial charge in [0.05, 0.1) is 6.16 Å². The highest BCUT2D eigenvalue weighted by Crippen LogP contribution is 2.48. The molecule has 0 saturated heterocycles. The highest BCUT2D eigenvalue weighted by atomic mass is 31.2. The second-order valence-corrected chi connectivity index (χ2v) is 6.76. The second-order valence-electron chi connectivity index (χ2n) is 4.81. The smallest absolute Gasteiger partial charge is 0.416 e. The predicted octanol–water partition coefficient (Wildman–Crippen LogP) is 5.81. The van der Waals surface area contributed by atoms with E-state index in [1.807, 2.05) is 24.3 Å². The molecule has 3 nitrogen and oxygen atoms in total. The molecule has 0 amide bonds. The lowest BCUT2D eigenvalue weighted by atomic mass is 10.2. The standard InChI is InChI=1S/C19H19O3P/c1-4-15-23(20,21-18-11-7-16(5-2)8-12-18)22-19-13-9-17(6-3)10-14-19/h4-14H,1-3,15H2. The summed E-state index contributed by atoms with van der Waals surface area (Å²) in [5, 5.41) is 0. The maximum atomic E-state index is 12.9. The number of hydrogen-bond acceptors (Lipinski definition) is 3. The fourth-order valence-corrected chi connectivity index (χ4v) is 3.29. The molecule has 0 aliphatic heterocycles. The Hall–Kier alpha value is -2.51. The van der Waals surface area contributed by atoms with Crippen LogP contribution in [0.1, 0.15) is 11.1 Å². The normalized spacial score (nSPS) is 10.6. The SMILES string of the molecule is C=CCP(=O)(Oc1ccc(C=C)cc1)Oc1ccc(C=C)cc1. The molecule has 0 aliphatic carbocycles. The fourth-order valence-electron chi connectivity index (χ4n) is 1.90. The zero-order valence-corrected chi connectivity index (χ0v) is 13.7. The van der Waals surface area contributed by atoms with Crippen molar-refractivity contribution < 1.29 is 13.6 Å². The molecule has 0 heterocycles. The average Bonchev–Trinajstić information content (AvgIpc) is 2.56. The molecular formula is C19H19O3P. The van der Waals surface area contributed by atoms with Gasteiger partial charge in [0.25, 0.3) is 0 Å². The molecule has 0 radical (unpaired) electrons. The van der Waals surface area contributed by atoms with Crippen molar-refractivity contribution in [2.75, 3.05) is 6.16 Å². The van der Waals surface area contributed by atoms with Gasteiger partial charge in [0.1, 0.15) is 11.5 Å². The fraction of sp³-hybridized carbons (Fsp3) is 0.0526. The van der Waals surface area contributed by atoms with E-state index in [9.17, 15) is 4.57 Å². The van der Waals surface area contributed by atoms with E-state index in [1.165, 1.54) is 6.08 Å². The third-order valence-corrected chi connectivity index (χ3v) is 4.76. The molecule has 23 heavy (non-hydrogen) atoms. The first-order valence-corrected chi connectivity index (χ1v) is 8.85. The summed E-state index contributed by atoms with van der Waals surface area (Å²) >= 11 is 0. The summed E-state index contributed by atoms with van der Waals surface area (Å²) in [6.07, 6.45) is 5.09. The molecule has 0 atom stereocenters. The van der Waals surface area contributed by atoms with Gasteiger partial charge in [-0.1, -0.05) is 55.7 Å². The number of allylic oxidation sites excluding steroid dienone is 1. The van der Waals surface area contributed by atoms with Gasteiger partial charge in [-0.15, -0.1) is 6.58 Å². The minimum Gasteiger partial charge on any atom is -0.416 e. The van der Waals surface area contributed by atoms with E-state index in [0.717, 1.165) is 11.1 Å². The van der Waals surface area contributed by atoms with Crippen molar-refractivity contribution in [3.8, 4) is 11.5 Å². The summed E-state index contributed by atoms with van der Waals surface area (Å²) in [6, 6.07) is 14.3. The molecule has 0 N–H and O–H groups in total. The Bertz CT molecular complexity index is 673. The topological polar surface area (TPSA) is 35.5 Å². The highest BCUT2D eigenvalue weighted by Gasteiger charge is 2.26. The van der Waals surface area contributed by atoms with E-state index < -0.39 is 7.60 Å². The third kappa shape index (κ3) is 4.73. The quantitative estimate of drug-likeness (QED) is 0.453. The molecule has 0 saturated carbocycles. The molecule has 0 spiro atoms. The monoisotopic (exact) mass is 326 g/mol. The van der Waals surface area contributed by atoms with Crippen LogP contribution in [0.15, 0.2) is 74.3 Å². The van der Waals surface area contributed by atoms with Crippen LogP contribution in [0.5, 0.6) is 11.5 Å². The Balaban J connectivity index is 2.19. The van der Waals surface area contributed by atoms with Gasteiger partial charge in [-0.25, -0.2) is 4.57 Å². The van der Waals surface area contributed by atoms with E-state index in [1.54, 1.807) is 36.4 Å². The molecule has 118 valence electrons. The number of hydrogen-bond donors (Lipinski definition) is 0. The van der Waals surface area contributed by atoms with E-state index in [-0.39, 0.29) is 6.16 Å². The molecule has 0 fully saturated rings. The van der Waals surface area contributed by atoms with Crippen LogP contribution in [0, 0.1) is 0 Å². The van der Waals surface area contributed by atoms with Crippen LogP contribution >= 0.6 is 7.60 Å². The zero-order valence-electron chi connectivity index (χ0n) is 12.9. The maximum Gasteiger partial charge on any atom is 0.434 e. The summed E-state index contributed by atoms with van der Waals surface area (Å²) in [6.45, 7) is 11.0. The van der Waals surface area contributed by atoms with E-state index >= 15 is 0 Å². The van der Waals surface area contributed by atoms with Gasteiger partial charge in [0, 0.05) is 0 Å². The van der Waals surface area contributed by atoms with Crippen LogP contribution in [0.25, 0.3) is 12.2 Å². The van der Waals surface area contributed by atoms with Gasteiger partial charge in [0.15, 0.2) is 0 Å². The van der Waals surface area contributed by atoms with Crippen molar-refractivity contribution in [3.63, 3.8) is 0 Å². The van der Waals surface area contributed by atoms with Gasteiger partial charge in [-0.05, 0) is 35.4 Å². The summed E-state index contributed by atoms with van der Waals surface area (Å²) in [5.74, 6) is 0.951. The van der Waals surface area contributed by atoms with Crippen LogP contribution in [-0.4, -0.2) is 6.16 Å². The molecule has 2 aromatic rings. The Morgan fingerprint density at radius 1 is 0.783 bits per heavy atom. The van der Waals surface area contributed by atoms with Crippen LogP contribution in [0.4, 0.5) is 0 Å². The van der Waals surface area contributed by atoms with Crippen molar-refractivity contribution in [1.29, 1.82) is 0 Å². The maximum absolute atomic E-state index is 12.9. The van der Waals surface area contributed by atoms with E-state index in [2.05, 4.69) is 19.7 Å². The first kappa shape index (κ1) is 16.9. The minimum absolute atomic E-state index is 0.111. The highest BCUT2D eigenvalue weighted by molar-refractivity contribution is 7.54. The van der Waals surface area contributed by atoms with Gasteiger partial charge < -0.3 is 9.05 Å². The summed E-state index contributed by atoms with van der Waals surface area (Å²) in [5.41, 5.74) is 1.91. The van der Waals surface area contributed by atoms with E-state index in [4.69, 9.17) is 9.05 Å². The number of rotatable bonds is 8. The Kier molecular flexibility index (Phi) is 5.61. The molecular weight excluding hydrogens is 307 g/mol. The van der Waals surface area contributed by atoms with Gasteiger partial charge in [-0.3, -0.25) is 0 Å². The molecule has 0 aliphatic rings. The van der Waals surface area contributed by atoms with Crippen LogP contribution in [-0.2, 0) is 4.57 Å². The van der Waals surface area contributed by atoms with Gasteiger partial charge in [0.2, 0.25) is 0 Å². The van der Waals surface area contributed by atoms with Gasteiger partial charge >= 0.3 is 7.60 Å². The number of benzene rings is 2. The Morgan fingerprint density at radius 2 is 1.17 bits per heavy atom. The van der Waals surface area contributed by atoms with E-state index in [0.29, 0.717) is 11.5 Å². The first-order valence-electron chi connectivity index (χ1n) is 7.13. The molecule has 2 aromatic carbocycles. The summed E-state index contributed by atoms with van der Waals surface area (Å²) < 4.78 is 24.1. The van der Waals surface area contributed by atoms with Crippen molar-refractivity contribution in [2.24, 2.45) is 0 Å². The average molecular weight is 326 g/mol. The zero-order chi connectivity index (χ0) is 16.7. The summed E-state index contributed by atoms with van der Waals surface area (Å²) in [4.78, 5) is 0. The van der Waals surface area contributed by atoms with Crippen molar-refractivity contribution in [1.82, 2.24) is 0 Å². The molecule has 2 rings (SSSR count). The Labute approximate surface area is 137 Å². The lowest BCUT2D eigenvalue weighted by Crippen LogP contribution is -2.03. The van der Waals surface area contributed by atoms with Crippen molar-refractivity contribution in [2.45, 2.75) is 0 Å². The summed E-state index contributed by atoms with van der Waals surface area (Å²) in [7, 11) is -3.38. The second kappa shape index (κ2) is 7.66. The molecule has 0 bridgehead atoms. The molecule has 0 unspecified atom stereocenters. The van der Waals surface area contributed by atoms with Crippen molar-refractivity contribution in [3.05, 3.63) is 85.5 Å². The lowest BCUT2D eigenvalue weighted by Gasteiger charge is -2.19. The first-order chi connectivity index (χ1) is 11.1. The van der Waals surface area contributed by atoms with Crippen LogP contribution in [0.2, 0.25) is 0 Å².